The Kier molecular flexibility index (Phi) is 8.04. The first kappa shape index (κ1) is 28.7. The van der Waals surface area contributed by atoms with Crippen LogP contribution in [0.2, 0.25) is 0 Å². The highest BCUT2D eigenvalue weighted by Crippen LogP contribution is 2.38. The Balaban J connectivity index is 1.36. The maximum Gasteiger partial charge on any atom is 0.416 e. The van der Waals surface area contributed by atoms with Crippen LogP contribution < -0.4 is 21.7 Å². The van der Waals surface area contributed by atoms with E-state index in [2.05, 4.69) is 26.1 Å². The Morgan fingerprint density at radius 1 is 1.05 bits per heavy atom. The van der Waals surface area contributed by atoms with Gasteiger partial charge in [-0.1, -0.05) is 12.1 Å². The fourth-order valence-electron chi connectivity index (χ4n) is 5.58. The topological polar surface area (TPSA) is 110 Å². The summed E-state index contributed by atoms with van der Waals surface area (Å²) in [5, 5.41) is 19.5. The number of halogens is 3. The molecule has 5 aromatic rings. The van der Waals surface area contributed by atoms with Gasteiger partial charge in [0, 0.05) is 35.6 Å². The largest absolute Gasteiger partial charge is 0.416 e. The molecule has 9 nitrogen and oxygen atoms in total. The van der Waals surface area contributed by atoms with Crippen molar-refractivity contribution >= 4 is 17.3 Å². The SMILES string of the molecule is Cc1c(-c2ccnn2-c2ccc(N)cc2)cn2nc(NCCCNC3CCNCC3)nc2c1-c1cccc(C(F)(F)F)c1. The standard InChI is InChI=1S/C31H34F3N9/c1-20-26(27-12-17-39-43(27)25-8-6-23(35)7-9-25)19-42-29(28(20)21-4-2-5-22(18-21)31(32,33)34)40-30(41-42)38-14-3-13-37-24-10-15-36-16-11-24/h2,4-9,12,17-19,24,36-37H,3,10-11,13-16,35H2,1H3,(H,38,41). The van der Waals surface area contributed by atoms with Gasteiger partial charge in [0.05, 0.1) is 23.1 Å². The number of piperidine rings is 1. The second kappa shape index (κ2) is 12.1. The van der Waals surface area contributed by atoms with Crippen molar-refractivity contribution in [3.63, 3.8) is 0 Å². The number of nitrogens with two attached hydrogens (primary N) is 1. The highest BCUT2D eigenvalue weighted by Gasteiger charge is 2.31. The highest BCUT2D eigenvalue weighted by molar-refractivity contribution is 5.86. The van der Waals surface area contributed by atoms with E-state index in [-0.39, 0.29) is 0 Å². The number of fused-ring (bicyclic) bond motifs is 1. The second-order valence-electron chi connectivity index (χ2n) is 10.8. The Hall–Kier alpha value is -4.42. The molecule has 1 aliphatic rings. The van der Waals surface area contributed by atoms with Gasteiger partial charge in [-0.3, -0.25) is 0 Å². The molecule has 1 aliphatic heterocycles. The molecule has 0 unspecified atom stereocenters. The number of pyridine rings is 1. The Bertz CT molecular complexity index is 1700. The smallest absolute Gasteiger partial charge is 0.399 e. The van der Waals surface area contributed by atoms with Gasteiger partial charge in [-0.05, 0) is 99.4 Å². The molecule has 12 heteroatoms. The lowest BCUT2D eigenvalue weighted by atomic mass is 9.95. The summed E-state index contributed by atoms with van der Waals surface area (Å²) >= 11 is 0. The Morgan fingerprint density at radius 2 is 1.84 bits per heavy atom. The molecule has 4 heterocycles. The van der Waals surface area contributed by atoms with Gasteiger partial charge in [-0.15, -0.1) is 5.10 Å². The number of nitrogens with one attached hydrogen (secondary N) is 3. The first-order valence-electron chi connectivity index (χ1n) is 14.4. The zero-order valence-electron chi connectivity index (χ0n) is 23.8. The maximum atomic E-state index is 13.7. The second-order valence-corrected chi connectivity index (χ2v) is 10.8. The first-order chi connectivity index (χ1) is 20.8. The lowest BCUT2D eigenvalue weighted by Crippen LogP contribution is -2.40. The minimum Gasteiger partial charge on any atom is -0.399 e. The van der Waals surface area contributed by atoms with E-state index in [1.807, 2.05) is 31.3 Å². The van der Waals surface area contributed by atoms with Crippen molar-refractivity contribution < 1.29 is 13.2 Å². The Labute approximate surface area is 247 Å². The molecule has 1 saturated heterocycles. The monoisotopic (exact) mass is 589 g/mol. The van der Waals surface area contributed by atoms with E-state index < -0.39 is 11.7 Å². The molecule has 0 amide bonds. The number of anilines is 2. The van der Waals surface area contributed by atoms with E-state index >= 15 is 0 Å². The number of nitrogen functional groups attached to an aromatic ring is 1. The van der Waals surface area contributed by atoms with Crippen molar-refractivity contribution in [2.45, 2.75) is 38.4 Å². The molecule has 2 aromatic carbocycles. The average molecular weight is 590 g/mol. The van der Waals surface area contributed by atoms with Crippen LogP contribution in [0, 0.1) is 6.92 Å². The van der Waals surface area contributed by atoms with Crippen molar-refractivity contribution in [2.24, 2.45) is 0 Å². The van der Waals surface area contributed by atoms with Crippen molar-refractivity contribution in [2.75, 3.05) is 37.2 Å². The van der Waals surface area contributed by atoms with Crippen molar-refractivity contribution in [1.82, 2.24) is 35.0 Å². The van der Waals surface area contributed by atoms with Gasteiger partial charge in [0.15, 0.2) is 5.65 Å². The van der Waals surface area contributed by atoms with E-state index in [4.69, 9.17) is 10.7 Å². The summed E-state index contributed by atoms with van der Waals surface area (Å²) in [5.74, 6) is 0.415. The number of aromatic nitrogens is 5. The van der Waals surface area contributed by atoms with Gasteiger partial charge in [0.1, 0.15) is 0 Å². The maximum absolute atomic E-state index is 13.7. The molecular formula is C31H34F3N9. The molecule has 0 radical (unpaired) electrons. The van der Waals surface area contributed by atoms with Crippen LogP contribution in [0.25, 0.3) is 33.7 Å². The van der Waals surface area contributed by atoms with Gasteiger partial charge in [0.25, 0.3) is 0 Å². The van der Waals surface area contributed by atoms with Crippen LogP contribution in [0.1, 0.15) is 30.4 Å². The van der Waals surface area contributed by atoms with Gasteiger partial charge in [-0.25, -0.2) is 9.20 Å². The lowest BCUT2D eigenvalue weighted by Gasteiger charge is -2.23. The van der Waals surface area contributed by atoms with E-state index in [1.165, 1.54) is 6.07 Å². The quantitative estimate of drug-likeness (QED) is 0.136. The van der Waals surface area contributed by atoms with Crippen LogP contribution in [0.3, 0.4) is 0 Å². The first-order valence-corrected chi connectivity index (χ1v) is 14.4. The lowest BCUT2D eigenvalue weighted by molar-refractivity contribution is -0.137. The number of hydrogen-bond donors (Lipinski definition) is 4. The molecule has 43 heavy (non-hydrogen) atoms. The molecule has 0 spiro atoms. The fourth-order valence-corrected chi connectivity index (χ4v) is 5.58. The van der Waals surface area contributed by atoms with Crippen molar-refractivity contribution in [3.05, 3.63) is 78.1 Å². The number of rotatable bonds is 9. The molecule has 0 aliphatic carbocycles. The summed E-state index contributed by atoms with van der Waals surface area (Å²) in [5.41, 5.74) is 10.3. The zero-order chi connectivity index (χ0) is 30.0. The van der Waals surface area contributed by atoms with Crippen LogP contribution in [0.4, 0.5) is 24.8 Å². The van der Waals surface area contributed by atoms with Gasteiger partial charge >= 0.3 is 6.18 Å². The van der Waals surface area contributed by atoms with Gasteiger partial charge in [0.2, 0.25) is 5.95 Å². The summed E-state index contributed by atoms with van der Waals surface area (Å²) < 4.78 is 44.6. The number of hydrogen-bond acceptors (Lipinski definition) is 7. The van der Waals surface area contributed by atoms with E-state index in [9.17, 15) is 13.2 Å². The molecule has 224 valence electrons. The molecule has 0 atom stereocenters. The minimum absolute atomic E-state index is 0.405. The van der Waals surface area contributed by atoms with Crippen LogP contribution in [0.15, 0.2) is 67.0 Å². The highest BCUT2D eigenvalue weighted by atomic mass is 19.4. The van der Waals surface area contributed by atoms with Crippen LogP contribution >= 0.6 is 0 Å². The molecule has 6 rings (SSSR count). The number of nitrogens with zero attached hydrogens (tertiary/aromatic N) is 5. The van der Waals surface area contributed by atoms with Crippen LogP contribution in [-0.4, -0.2) is 56.6 Å². The summed E-state index contributed by atoms with van der Waals surface area (Å²) in [6.07, 6.45) is 2.19. The summed E-state index contributed by atoms with van der Waals surface area (Å²) in [6, 6.07) is 15.1. The normalized spacial score (nSPS) is 14.4. The predicted octanol–water partition coefficient (Wildman–Crippen LogP) is 5.30. The van der Waals surface area contributed by atoms with Crippen LogP contribution in [-0.2, 0) is 6.18 Å². The summed E-state index contributed by atoms with van der Waals surface area (Å²) in [4.78, 5) is 4.74. The molecule has 5 N–H and O–H groups in total. The minimum atomic E-state index is -4.48. The van der Waals surface area contributed by atoms with E-state index in [0.29, 0.717) is 41.0 Å². The third-order valence-electron chi connectivity index (χ3n) is 7.83. The van der Waals surface area contributed by atoms with E-state index in [0.717, 1.165) is 73.5 Å². The molecular weight excluding hydrogens is 555 g/mol. The third-order valence-corrected chi connectivity index (χ3v) is 7.83. The Morgan fingerprint density at radius 3 is 2.60 bits per heavy atom. The molecule has 1 fully saturated rings. The third kappa shape index (κ3) is 6.20. The van der Waals surface area contributed by atoms with Gasteiger partial charge in [-0.2, -0.15) is 23.3 Å². The summed E-state index contributed by atoms with van der Waals surface area (Å²) in [6.45, 7) is 5.50. The molecule has 0 bridgehead atoms. The fraction of sp³-hybridized carbons (Fsp3) is 0.323. The predicted molar refractivity (Wildman–Crippen MR) is 162 cm³/mol. The molecule has 3 aromatic heterocycles. The molecule has 0 saturated carbocycles. The number of benzene rings is 2. The zero-order valence-corrected chi connectivity index (χ0v) is 23.8. The van der Waals surface area contributed by atoms with E-state index in [1.54, 1.807) is 33.6 Å². The number of alkyl halides is 3. The van der Waals surface area contributed by atoms with Gasteiger partial charge < -0.3 is 21.7 Å². The van der Waals surface area contributed by atoms with Crippen LogP contribution in [0.5, 0.6) is 0 Å². The van der Waals surface area contributed by atoms with Crippen molar-refractivity contribution in [1.29, 1.82) is 0 Å². The summed E-state index contributed by atoms with van der Waals surface area (Å²) in [7, 11) is 0. The van der Waals surface area contributed by atoms with Crippen molar-refractivity contribution in [3.8, 4) is 28.1 Å². The average Bonchev–Trinajstić information content (AvgIpc) is 3.64.